The number of halogens is 3. The van der Waals surface area contributed by atoms with Gasteiger partial charge in [-0.05, 0) is 32.4 Å². The zero-order valence-electron chi connectivity index (χ0n) is 16.3. The summed E-state index contributed by atoms with van der Waals surface area (Å²) in [6, 6.07) is 5.65. The number of fused-ring (bicyclic) bond motifs is 1. The maximum atomic E-state index is 13.7. The number of hydrogen-bond donors (Lipinski definition) is 0. The normalized spacial score (nSPS) is 19.4. The molecule has 0 spiro atoms. The van der Waals surface area contributed by atoms with Crippen molar-refractivity contribution in [3.05, 3.63) is 68.6 Å². The minimum atomic E-state index is -4.90. The van der Waals surface area contributed by atoms with E-state index < -0.39 is 35.4 Å². The highest BCUT2D eigenvalue weighted by atomic mass is 19.4. The van der Waals surface area contributed by atoms with Crippen molar-refractivity contribution < 1.29 is 27.1 Å². The number of hydrogen-bond acceptors (Lipinski definition) is 5. The smallest absolute Gasteiger partial charge is 0.423 e. The lowest BCUT2D eigenvalue weighted by Crippen LogP contribution is -2.36. The maximum Gasteiger partial charge on any atom is 0.423 e. The van der Waals surface area contributed by atoms with E-state index in [0.717, 1.165) is 0 Å². The second-order valence-electron chi connectivity index (χ2n) is 6.75. The summed E-state index contributed by atoms with van der Waals surface area (Å²) < 4.78 is 51.7. The fourth-order valence-electron chi connectivity index (χ4n) is 3.61. The van der Waals surface area contributed by atoms with E-state index in [1.807, 2.05) is 0 Å². The van der Waals surface area contributed by atoms with Crippen molar-refractivity contribution in [2.75, 3.05) is 6.61 Å². The summed E-state index contributed by atoms with van der Waals surface area (Å²) in [6.07, 6.45) is -4.90. The Kier molecular flexibility index (Phi) is 5.53. The highest BCUT2D eigenvalue weighted by Crippen LogP contribution is 2.46. The van der Waals surface area contributed by atoms with Crippen molar-refractivity contribution in [2.24, 2.45) is 10.9 Å². The minimum absolute atomic E-state index is 0.00224. The molecule has 1 unspecified atom stereocenters. The van der Waals surface area contributed by atoms with E-state index in [-0.39, 0.29) is 40.0 Å². The first kappa shape index (κ1) is 21.3. The van der Waals surface area contributed by atoms with Crippen molar-refractivity contribution in [3.63, 3.8) is 0 Å². The van der Waals surface area contributed by atoms with Crippen LogP contribution in [0.4, 0.5) is 13.2 Å². The van der Waals surface area contributed by atoms with Crippen LogP contribution >= 0.6 is 0 Å². The molecule has 6 nitrogen and oxygen atoms in total. The molecule has 0 bridgehead atoms. The number of nitrogens with zero attached hydrogens (tertiary/aromatic N) is 2. The number of esters is 1. The largest absolute Gasteiger partial charge is 0.466 e. The molecule has 0 amide bonds. The Bertz CT molecular complexity index is 1190. The van der Waals surface area contributed by atoms with E-state index in [2.05, 4.69) is 9.84 Å². The number of para-hydroxylation sites is 1. The Morgan fingerprint density at radius 1 is 1.33 bits per heavy atom. The van der Waals surface area contributed by atoms with Gasteiger partial charge in [0.25, 0.3) is 0 Å². The van der Waals surface area contributed by atoms with Crippen LogP contribution in [0, 0.1) is 19.4 Å². The third-order valence-electron chi connectivity index (χ3n) is 4.78. The van der Waals surface area contributed by atoms with E-state index in [4.69, 9.17) is 15.7 Å². The van der Waals surface area contributed by atoms with Crippen molar-refractivity contribution >= 4 is 22.7 Å². The lowest BCUT2D eigenvalue weighted by Gasteiger charge is -2.31. The number of alkyl halides is 3. The molecule has 0 N–H and O–H groups in total. The second kappa shape index (κ2) is 7.78. The molecule has 1 aromatic carbocycles. The first-order chi connectivity index (χ1) is 14.1. The van der Waals surface area contributed by atoms with Crippen LogP contribution in [0.15, 0.2) is 49.9 Å². The summed E-state index contributed by atoms with van der Waals surface area (Å²) in [6.45, 7) is 11.8. The van der Waals surface area contributed by atoms with Crippen LogP contribution in [0.2, 0.25) is 0 Å². The lowest BCUT2D eigenvalue weighted by atomic mass is 9.78. The third-order valence-corrected chi connectivity index (χ3v) is 4.78. The van der Waals surface area contributed by atoms with Crippen molar-refractivity contribution in [3.8, 4) is 0 Å². The SMILES string of the molecule is [C-]#[N+]C1=C(C(F)(F)F)N=C(C)C(C(=O)OCC)[C@@H]1c1cccc2c(=O)cc(C)oc12. The molecule has 30 heavy (non-hydrogen) atoms. The molecule has 2 heterocycles. The molecule has 3 rings (SSSR count). The summed E-state index contributed by atoms with van der Waals surface area (Å²) in [5.41, 5.74) is -2.48. The minimum Gasteiger partial charge on any atom is -0.466 e. The van der Waals surface area contributed by atoms with Gasteiger partial charge in [0, 0.05) is 17.7 Å². The molecule has 0 aliphatic carbocycles. The van der Waals surface area contributed by atoms with Crippen LogP contribution in [-0.4, -0.2) is 24.5 Å². The van der Waals surface area contributed by atoms with Crippen LogP contribution in [-0.2, 0) is 9.53 Å². The van der Waals surface area contributed by atoms with Gasteiger partial charge in [0.15, 0.2) is 5.43 Å². The predicted octanol–water partition coefficient (Wildman–Crippen LogP) is 4.53. The highest BCUT2D eigenvalue weighted by molar-refractivity contribution is 6.04. The molecule has 9 heteroatoms. The van der Waals surface area contributed by atoms with Gasteiger partial charge in [-0.2, -0.15) is 13.2 Å². The quantitative estimate of drug-likeness (QED) is 0.542. The molecular weight excluding hydrogens is 401 g/mol. The molecule has 156 valence electrons. The molecule has 0 fully saturated rings. The Balaban J connectivity index is 2.40. The summed E-state index contributed by atoms with van der Waals surface area (Å²) in [4.78, 5) is 31.7. The molecular formula is C21H17F3N2O4. The lowest BCUT2D eigenvalue weighted by molar-refractivity contribution is -0.146. The molecule has 0 radical (unpaired) electrons. The summed E-state index contributed by atoms with van der Waals surface area (Å²) in [7, 11) is 0. The summed E-state index contributed by atoms with van der Waals surface area (Å²) in [5, 5.41) is 0.138. The number of ether oxygens (including phenoxy) is 1. The number of aliphatic imine (C=N–C) groups is 1. The molecule has 0 saturated heterocycles. The number of rotatable bonds is 3. The third kappa shape index (κ3) is 3.61. The van der Waals surface area contributed by atoms with Crippen LogP contribution in [0.25, 0.3) is 15.8 Å². The number of carbonyl (C=O) groups is 1. The van der Waals surface area contributed by atoms with Gasteiger partial charge in [-0.15, -0.1) is 0 Å². The summed E-state index contributed by atoms with van der Waals surface area (Å²) in [5.74, 6) is -3.20. The van der Waals surface area contributed by atoms with Crippen LogP contribution < -0.4 is 5.43 Å². The predicted molar refractivity (Wildman–Crippen MR) is 103 cm³/mol. The van der Waals surface area contributed by atoms with Gasteiger partial charge in [-0.3, -0.25) is 14.6 Å². The standard InChI is InChI=1S/C21H17F3N2O4/c1-5-29-20(28)15-11(3)26-19(21(22,23)24)17(25-4)16(15)13-8-6-7-12-14(27)9-10(2)30-18(12)13/h6-9,15-16H,5H2,1-3H3/t15?,16-/m0/s1. The Labute approximate surface area is 169 Å². The topological polar surface area (TPSA) is 73.2 Å². The summed E-state index contributed by atoms with van der Waals surface area (Å²) >= 11 is 0. The van der Waals surface area contributed by atoms with Gasteiger partial charge < -0.3 is 9.15 Å². The van der Waals surface area contributed by atoms with Crippen LogP contribution in [0.5, 0.6) is 0 Å². The van der Waals surface area contributed by atoms with E-state index >= 15 is 0 Å². The average Bonchev–Trinajstić information content (AvgIpc) is 2.66. The monoisotopic (exact) mass is 418 g/mol. The zero-order chi connectivity index (χ0) is 22.2. The molecule has 1 aliphatic rings. The van der Waals surface area contributed by atoms with Gasteiger partial charge in [0.1, 0.15) is 17.0 Å². The van der Waals surface area contributed by atoms with Crippen molar-refractivity contribution in [1.29, 1.82) is 0 Å². The van der Waals surface area contributed by atoms with Gasteiger partial charge in [0.05, 0.1) is 24.5 Å². The van der Waals surface area contributed by atoms with Crippen molar-refractivity contribution in [1.82, 2.24) is 0 Å². The van der Waals surface area contributed by atoms with Gasteiger partial charge in [-0.1, -0.05) is 12.1 Å². The number of carbonyl (C=O) groups excluding carboxylic acids is 1. The molecule has 0 saturated carbocycles. The molecule has 2 atom stereocenters. The Morgan fingerprint density at radius 3 is 2.63 bits per heavy atom. The fourth-order valence-corrected chi connectivity index (χ4v) is 3.61. The zero-order valence-corrected chi connectivity index (χ0v) is 16.3. The first-order valence-electron chi connectivity index (χ1n) is 9.04. The number of benzene rings is 1. The highest BCUT2D eigenvalue weighted by Gasteiger charge is 2.48. The number of aryl methyl sites for hydroxylation is 1. The van der Waals surface area contributed by atoms with E-state index in [0.29, 0.717) is 0 Å². The molecule has 1 aliphatic heterocycles. The van der Waals surface area contributed by atoms with Crippen molar-refractivity contribution in [2.45, 2.75) is 32.9 Å². The fraction of sp³-hybridized carbons (Fsp3) is 0.333. The molecule has 2 aromatic rings. The van der Waals surface area contributed by atoms with Crippen LogP contribution in [0.3, 0.4) is 0 Å². The maximum absolute atomic E-state index is 13.7. The Morgan fingerprint density at radius 2 is 2.03 bits per heavy atom. The van der Waals surface area contributed by atoms with E-state index in [9.17, 15) is 22.8 Å². The molecule has 1 aromatic heterocycles. The van der Waals surface area contributed by atoms with E-state index in [1.165, 1.54) is 38.1 Å². The second-order valence-corrected chi connectivity index (χ2v) is 6.75. The average molecular weight is 418 g/mol. The van der Waals surface area contributed by atoms with Gasteiger partial charge in [0.2, 0.25) is 5.70 Å². The first-order valence-corrected chi connectivity index (χ1v) is 9.04. The van der Waals surface area contributed by atoms with Gasteiger partial charge in [-0.25, -0.2) is 4.85 Å². The number of allylic oxidation sites excluding steroid dienone is 2. The Hall–Kier alpha value is -3.41. The van der Waals surface area contributed by atoms with Gasteiger partial charge >= 0.3 is 12.1 Å². The van der Waals surface area contributed by atoms with Crippen LogP contribution in [0.1, 0.15) is 31.1 Å². The van der Waals surface area contributed by atoms with E-state index in [1.54, 1.807) is 6.92 Å².